The number of rotatable bonds is 2. The SMILES string of the molecule is Cn1c2c(c3cc(Nc4ccc(F)c(F)c4)ccc31)CS(=O)(=O)CC2. The van der Waals surface area contributed by atoms with E-state index in [0.717, 1.165) is 34.3 Å². The highest BCUT2D eigenvalue weighted by atomic mass is 32.2. The van der Waals surface area contributed by atoms with Crippen molar-refractivity contribution in [2.45, 2.75) is 12.2 Å². The molecule has 2 heterocycles. The van der Waals surface area contributed by atoms with Crippen LogP contribution < -0.4 is 5.32 Å². The summed E-state index contributed by atoms with van der Waals surface area (Å²) >= 11 is 0. The molecule has 1 aliphatic heterocycles. The lowest BCUT2D eigenvalue weighted by Gasteiger charge is -2.14. The maximum Gasteiger partial charge on any atom is 0.160 e. The van der Waals surface area contributed by atoms with E-state index in [2.05, 4.69) is 5.32 Å². The van der Waals surface area contributed by atoms with Crippen LogP contribution in [0.15, 0.2) is 36.4 Å². The van der Waals surface area contributed by atoms with Crippen molar-refractivity contribution in [2.75, 3.05) is 11.1 Å². The number of aryl methyl sites for hydroxylation is 1. The highest BCUT2D eigenvalue weighted by molar-refractivity contribution is 7.90. The van der Waals surface area contributed by atoms with Gasteiger partial charge in [0.2, 0.25) is 0 Å². The standard InChI is InChI=1S/C18H16F2N2O2S/c1-22-17-5-3-11(21-12-2-4-15(19)16(20)9-12)8-13(17)14-10-25(23,24)7-6-18(14)22/h2-5,8-9,21H,6-7,10H2,1H3. The molecule has 0 spiro atoms. The van der Waals surface area contributed by atoms with E-state index >= 15 is 0 Å². The van der Waals surface area contributed by atoms with E-state index in [1.165, 1.54) is 6.07 Å². The predicted molar refractivity (Wildman–Crippen MR) is 93.8 cm³/mol. The Morgan fingerprint density at radius 1 is 1.04 bits per heavy atom. The van der Waals surface area contributed by atoms with Crippen molar-refractivity contribution >= 4 is 32.1 Å². The molecule has 25 heavy (non-hydrogen) atoms. The first kappa shape index (κ1) is 16.1. The Bertz CT molecular complexity index is 1100. The lowest BCUT2D eigenvalue weighted by atomic mass is 10.1. The first-order valence-corrected chi connectivity index (χ1v) is 9.69. The maximum absolute atomic E-state index is 13.4. The summed E-state index contributed by atoms with van der Waals surface area (Å²) in [5, 5.41) is 3.90. The zero-order valence-electron chi connectivity index (χ0n) is 13.5. The first-order valence-electron chi connectivity index (χ1n) is 7.87. The minimum Gasteiger partial charge on any atom is -0.355 e. The van der Waals surface area contributed by atoms with Crippen LogP contribution in [0.1, 0.15) is 11.3 Å². The van der Waals surface area contributed by atoms with Gasteiger partial charge < -0.3 is 9.88 Å². The Labute approximate surface area is 144 Å². The summed E-state index contributed by atoms with van der Waals surface area (Å²) in [6, 6.07) is 9.20. The quantitative estimate of drug-likeness (QED) is 0.757. The molecule has 2 aromatic carbocycles. The van der Waals surface area contributed by atoms with Crippen molar-refractivity contribution in [2.24, 2.45) is 7.05 Å². The number of hydrogen-bond acceptors (Lipinski definition) is 3. The van der Waals surface area contributed by atoms with Gasteiger partial charge >= 0.3 is 0 Å². The summed E-state index contributed by atoms with van der Waals surface area (Å²) in [6.45, 7) is 0. The third kappa shape index (κ3) is 2.78. The molecule has 0 atom stereocenters. The Morgan fingerprint density at radius 3 is 2.52 bits per heavy atom. The normalized spacial score (nSPS) is 16.0. The molecule has 0 amide bonds. The zero-order chi connectivity index (χ0) is 17.8. The monoisotopic (exact) mass is 362 g/mol. The molecule has 0 saturated heterocycles. The van der Waals surface area contributed by atoms with Gasteiger partial charge in [0.15, 0.2) is 21.5 Å². The number of fused-ring (bicyclic) bond motifs is 3. The fourth-order valence-corrected chi connectivity index (χ4v) is 4.83. The van der Waals surface area contributed by atoms with Crippen molar-refractivity contribution in [3.05, 3.63) is 59.3 Å². The molecule has 0 fully saturated rings. The van der Waals surface area contributed by atoms with Gasteiger partial charge in [-0.1, -0.05) is 0 Å². The van der Waals surface area contributed by atoms with Gasteiger partial charge in [0, 0.05) is 47.5 Å². The van der Waals surface area contributed by atoms with Gasteiger partial charge in [-0.05, 0) is 35.9 Å². The lowest BCUT2D eigenvalue weighted by Crippen LogP contribution is -2.19. The molecule has 7 heteroatoms. The van der Waals surface area contributed by atoms with Crippen molar-refractivity contribution in [1.82, 2.24) is 4.57 Å². The van der Waals surface area contributed by atoms with Gasteiger partial charge in [-0.2, -0.15) is 0 Å². The molecular weight excluding hydrogens is 346 g/mol. The Morgan fingerprint density at radius 2 is 1.76 bits per heavy atom. The molecule has 0 saturated carbocycles. The van der Waals surface area contributed by atoms with Crippen LogP contribution >= 0.6 is 0 Å². The predicted octanol–water partition coefficient (Wildman–Crippen LogP) is 3.67. The molecule has 4 nitrogen and oxygen atoms in total. The van der Waals surface area contributed by atoms with Crippen LogP contribution in [0.3, 0.4) is 0 Å². The molecule has 0 bridgehead atoms. The molecular formula is C18H16F2N2O2S. The highest BCUT2D eigenvalue weighted by Crippen LogP contribution is 2.33. The number of halogens is 2. The summed E-state index contributed by atoms with van der Waals surface area (Å²) in [6.07, 6.45) is 0.509. The van der Waals surface area contributed by atoms with E-state index < -0.39 is 21.5 Å². The summed E-state index contributed by atoms with van der Waals surface area (Å²) in [5.74, 6) is -1.61. The average Bonchev–Trinajstić information content (AvgIpc) is 2.82. The van der Waals surface area contributed by atoms with Crippen LogP contribution in [-0.4, -0.2) is 18.7 Å². The molecule has 0 aliphatic carbocycles. The van der Waals surface area contributed by atoms with Gasteiger partial charge in [0.05, 0.1) is 11.5 Å². The second kappa shape index (κ2) is 5.56. The Kier molecular flexibility index (Phi) is 3.57. The van der Waals surface area contributed by atoms with Gasteiger partial charge in [0.25, 0.3) is 0 Å². The summed E-state index contributed by atoms with van der Waals surface area (Å²) in [5.41, 5.74) is 3.94. The van der Waals surface area contributed by atoms with Crippen molar-refractivity contribution < 1.29 is 17.2 Å². The van der Waals surface area contributed by atoms with Crippen LogP contribution in [0.2, 0.25) is 0 Å². The number of nitrogens with zero attached hydrogens (tertiary/aromatic N) is 1. The Hall–Kier alpha value is -2.41. The molecule has 1 N–H and O–H groups in total. The number of hydrogen-bond donors (Lipinski definition) is 1. The van der Waals surface area contributed by atoms with Crippen LogP contribution in [0.4, 0.5) is 20.2 Å². The summed E-state index contributed by atoms with van der Waals surface area (Å²) in [7, 11) is -1.15. The number of nitrogens with one attached hydrogen (secondary N) is 1. The molecule has 4 rings (SSSR count). The largest absolute Gasteiger partial charge is 0.355 e. The molecule has 1 aromatic heterocycles. The molecule has 130 valence electrons. The maximum atomic E-state index is 13.4. The molecule has 3 aromatic rings. The van der Waals surface area contributed by atoms with Gasteiger partial charge in [-0.15, -0.1) is 0 Å². The van der Waals surface area contributed by atoms with Gasteiger partial charge in [0.1, 0.15) is 0 Å². The van der Waals surface area contributed by atoms with E-state index in [4.69, 9.17) is 0 Å². The van der Waals surface area contributed by atoms with E-state index in [1.54, 1.807) is 0 Å². The van der Waals surface area contributed by atoms with Gasteiger partial charge in [-0.3, -0.25) is 0 Å². The van der Waals surface area contributed by atoms with Crippen LogP contribution in [0.5, 0.6) is 0 Å². The summed E-state index contributed by atoms with van der Waals surface area (Å²) in [4.78, 5) is 0. The van der Waals surface area contributed by atoms with E-state index in [0.29, 0.717) is 17.8 Å². The van der Waals surface area contributed by atoms with E-state index in [1.807, 2.05) is 29.8 Å². The fraction of sp³-hybridized carbons (Fsp3) is 0.222. The number of aromatic nitrogens is 1. The van der Waals surface area contributed by atoms with E-state index in [9.17, 15) is 17.2 Å². The molecule has 0 radical (unpaired) electrons. The zero-order valence-corrected chi connectivity index (χ0v) is 14.3. The highest BCUT2D eigenvalue weighted by Gasteiger charge is 2.26. The molecule has 1 aliphatic rings. The average molecular weight is 362 g/mol. The third-order valence-corrected chi connectivity index (χ3v) is 6.21. The minimum atomic E-state index is -3.08. The number of anilines is 2. The third-order valence-electron chi connectivity index (χ3n) is 4.66. The van der Waals surface area contributed by atoms with Crippen LogP contribution in [0.25, 0.3) is 10.9 Å². The lowest BCUT2D eigenvalue weighted by molar-refractivity contribution is 0.509. The van der Waals surface area contributed by atoms with Crippen molar-refractivity contribution in [3.63, 3.8) is 0 Å². The van der Waals surface area contributed by atoms with Gasteiger partial charge in [-0.25, -0.2) is 17.2 Å². The smallest absolute Gasteiger partial charge is 0.160 e. The second-order valence-corrected chi connectivity index (χ2v) is 8.50. The van der Waals surface area contributed by atoms with E-state index in [-0.39, 0.29) is 11.5 Å². The topological polar surface area (TPSA) is 51.1 Å². The van der Waals surface area contributed by atoms with Crippen molar-refractivity contribution in [3.8, 4) is 0 Å². The minimum absolute atomic E-state index is 0.0360. The number of benzene rings is 2. The molecule has 0 unspecified atom stereocenters. The Balaban J connectivity index is 1.78. The first-order chi connectivity index (χ1) is 11.8. The number of sulfone groups is 1. The van der Waals surface area contributed by atoms with Crippen LogP contribution in [-0.2, 0) is 29.1 Å². The van der Waals surface area contributed by atoms with Crippen LogP contribution in [0, 0.1) is 11.6 Å². The van der Waals surface area contributed by atoms with Crippen molar-refractivity contribution in [1.29, 1.82) is 0 Å². The second-order valence-electron chi connectivity index (χ2n) is 6.31. The fourth-order valence-electron chi connectivity index (χ4n) is 3.42. The summed E-state index contributed by atoms with van der Waals surface area (Å²) < 4.78 is 52.5.